The third kappa shape index (κ3) is 3.31. The summed E-state index contributed by atoms with van der Waals surface area (Å²) in [6.45, 7) is 3.63. The number of nitrogen functional groups attached to an aromatic ring is 1. The fourth-order valence-corrected chi connectivity index (χ4v) is 2.94. The maximum absolute atomic E-state index is 12.2. The van der Waals surface area contributed by atoms with Crippen molar-refractivity contribution >= 4 is 15.7 Å². The molecule has 2 aromatic rings. The number of aryl methyl sites for hydroxylation is 2. The predicted octanol–water partition coefficient (Wildman–Crippen LogP) is 1.15. The summed E-state index contributed by atoms with van der Waals surface area (Å²) in [4.78, 5) is 8.35. The van der Waals surface area contributed by atoms with Crippen LogP contribution in [0.4, 0.5) is 5.69 Å². The molecule has 0 aliphatic heterocycles. The Morgan fingerprint density at radius 1 is 1.20 bits per heavy atom. The normalized spacial score (nSPS) is 11.5. The van der Waals surface area contributed by atoms with E-state index in [9.17, 15) is 8.42 Å². The van der Waals surface area contributed by atoms with Crippen molar-refractivity contribution in [2.75, 3.05) is 5.73 Å². The monoisotopic (exact) mass is 292 g/mol. The molecule has 1 aromatic carbocycles. The van der Waals surface area contributed by atoms with Crippen LogP contribution < -0.4 is 10.5 Å². The third-order valence-corrected chi connectivity index (χ3v) is 4.32. The molecule has 0 saturated heterocycles. The van der Waals surface area contributed by atoms with Crippen molar-refractivity contribution in [1.29, 1.82) is 0 Å². The standard InChI is InChI=1S/C13H16N4O2S/c1-9-3-4-11(14)5-13(9)20(18,19)17-8-12-7-15-10(2)6-16-12/h3-7,17H,8,14H2,1-2H3. The Bertz CT molecular complexity index is 712. The molecule has 20 heavy (non-hydrogen) atoms. The predicted molar refractivity (Wildman–Crippen MR) is 76.4 cm³/mol. The van der Waals surface area contributed by atoms with Crippen molar-refractivity contribution in [1.82, 2.24) is 14.7 Å². The number of anilines is 1. The van der Waals surface area contributed by atoms with Gasteiger partial charge in [-0.3, -0.25) is 9.97 Å². The second kappa shape index (κ2) is 5.56. The first-order chi connectivity index (χ1) is 9.38. The summed E-state index contributed by atoms with van der Waals surface area (Å²) in [6.07, 6.45) is 3.14. The van der Waals surface area contributed by atoms with E-state index in [-0.39, 0.29) is 11.4 Å². The lowest BCUT2D eigenvalue weighted by Gasteiger charge is -2.09. The van der Waals surface area contributed by atoms with Crippen LogP contribution in [-0.4, -0.2) is 18.4 Å². The van der Waals surface area contributed by atoms with Gasteiger partial charge in [-0.2, -0.15) is 0 Å². The second-order valence-corrected chi connectivity index (χ2v) is 6.23. The van der Waals surface area contributed by atoms with E-state index < -0.39 is 10.0 Å². The van der Waals surface area contributed by atoms with Crippen LogP contribution >= 0.6 is 0 Å². The van der Waals surface area contributed by atoms with E-state index in [0.717, 1.165) is 5.69 Å². The maximum Gasteiger partial charge on any atom is 0.241 e. The highest BCUT2D eigenvalue weighted by atomic mass is 32.2. The maximum atomic E-state index is 12.2. The molecule has 0 amide bonds. The van der Waals surface area contributed by atoms with Crippen LogP contribution in [-0.2, 0) is 16.6 Å². The summed E-state index contributed by atoms with van der Waals surface area (Å²) in [5, 5.41) is 0. The zero-order valence-electron chi connectivity index (χ0n) is 11.3. The van der Waals surface area contributed by atoms with Crippen molar-refractivity contribution < 1.29 is 8.42 Å². The van der Waals surface area contributed by atoms with E-state index in [4.69, 9.17) is 5.73 Å². The highest BCUT2D eigenvalue weighted by molar-refractivity contribution is 7.89. The number of hydrogen-bond donors (Lipinski definition) is 2. The van der Waals surface area contributed by atoms with Gasteiger partial charge in [0.05, 0.1) is 29.0 Å². The SMILES string of the molecule is Cc1cnc(CNS(=O)(=O)c2cc(N)ccc2C)cn1. The lowest BCUT2D eigenvalue weighted by atomic mass is 10.2. The average Bonchev–Trinajstić information content (AvgIpc) is 2.41. The number of hydrogen-bond acceptors (Lipinski definition) is 5. The van der Waals surface area contributed by atoms with Crippen molar-refractivity contribution in [3.8, 4) is 0 Å². The molecule has 0 saturated carbocycles. The van der Waals surface area contributed by atoms with Crippen LogP contribution in [0.15, 0.2) is 35.5 Å². The molecular weight excluding hydrogens is 276 g/mol. The molecule has 0 unspecified atom stereocenters. The van der Waals surface area contributed by atoms with Gasteiger partial charge in [0.15, 0.2) is 0 Å². The van der Waals surface area contributed by atoms with Gasteiger partial charge in [0, 0.05) is 11.9 Å². The first-order valence-corrected chi connectivity index (χ1v) is 7.50. The lowest BCUT2D eigenvalue weighted by Crippen LogP contribution is -2.24. The molecule has 1 heterocycles. The molecular formula is C13H16N4O2S. The summed E-state index contributed by atoms with van der Waals surface area (Å²) in [7, 11) is -3.62. The third-order valence-electron chi connectivity index (χ3n) is 2.78. The van der Waals surface area contributed by atoms with E-state index in [1.807, 2.05) is 6.92 Å². The smallest absolute Gasteiger partial charge is 0.241 e. The minimum atomic E-state index is -3.62. The molecule has 0 bridgehead atoms. The summed E-state index contributed by atoms with van der Waals surface area (Å²) >= 11 is 0. The number of aromatic nitrogens is 2. The Balaban J connectivity index is 2.19. The topological polar surface area (TPSA) is 98.0 Å². The van der Waals surface area contributed by atoms with Gasteiger partial charge in [-0.15, -0.1) is 0 Å². The molecule has 0 fully saturated rings. The number of nitrogens with zero attached hydrogens (tertiary/aromatic N) is 2. The Labute approximate surface area is 118 Å². The first-order valence-electron chi connectivity index (χ1n) is 6.02. The average molecular weight is 292 g/mol. The van der Waals surface area contributed by atoms with Gasteiger partial charge in [-0.25, -0.2) is 13.1 Å². The Morgan fingerprint density at radius 3 is 2.60 bits per heavy atom. The highest BCUT2D eigenvalue weighted by Crippen LogP contribution is 2.18. The number of benzene rings is 1. The van der Waals surface area contributed by atoms with Gasteiger partial charge in [0.2, 0.25) is 10.0 Å². The Morgan fingerprint density at radius 2 is 1.95 bits per heavy atom. The Kier molecular flexibility index (Phi) is 4.01. The molecule has 106 valence electrons. The van der Waals surface area contributed by atoms with E-state index in [0.29, 0.717) is 16.9 Å². The van der Waals surface area contributed by atoms with Gasteiger partial charge in [0.25, 0.3) is 0 Å². The number of nitrogens with two attached hydrogens (primary N) is 1. The zero-order valence-corrected chi connectivity index (χ0v) is 12.1. The van der Waals surface area contributed by atoms with E-state index >= 15 is 0 Å². The minimum absolute atomic E-state index is 0.0872. The fourth-order valence-electron chi connectivity index (χ4n) is 1.66. The van der Waals surface area contributed by atoms with Gasteiger partial charge < -0.3 is 5.73 Å². The number of nitrogens with one attached hydrogen (secondary N) is 1. The van der Waals surface area contributed by atoms with Crippen molar-refractivity contribution in [3.63, 3.8) is 0 Å². The largest absolute Gasteiger partial charge is 0.399 e. The van der Waals surface area contributed by atoms with Crippen LogP contribution in [0.1, 0.15) is 17.0 Å². The summed E-state index contributed by atoms with van der Waals surface area (Å²) in [6, 6.07) is 4.79. The van der Waals surface area contributed by atoms with Gasteiger partial charge in [-0.05, 0) is 31.5 Å². The molecule has 0 atom stereocenters. The zero-order chi connectivity index (χ0) is 14.8. The quantitative estimate of drug-likeness (QED) is 0.824. The van der Waals surface area contributed by atoms with Crippen LogP contribution in [0.2, 0.25) is 0 Å². The van der Waals surface area contributed by atoms with Crippen LogP contribution in [0.25, 0.3) is 0 Å². The molecule has 3 N–H and O–H groups in total. The van der Waals surface area contributed by atoms with E-state index in [1.165, 1.54) is 6.07 Å². The van der Waals surface area contributed by atoms with Crippen molar-refractivity contribution in [3.05, 3.63) is 47.5 Å². The molecule has 0 radical (unpaired) electrons. The number of sulfonamides is 1. The highest BCUT2D eigenvalue weighted by Gasteiger charge is 2.17. The molecule has 0 aliphatic carbocycles. The summed E-state index contributed by atoms with van der Waals surface area (Å²) < 4.78 is 27.0. The van der Waals surface area contributed by atoms with Gasteiger partial charge in [-0.1, -0.05) is 6.07 Å². The van der Waals surface area contributed by atoms with Crippen LogP contribution in [0.5, 0.6) is 0 Å². The van der Waals surface area contributed by atoms with Crippen molar-refractivity contribution in [2.45, 2.75) is 25.3 Å². The summed E-state index contributed by atoms with van der Waals surface area (Å²) in [5.41, 5.74) is 8.02. The van der Waals surface area contributed by atoms with Crippen LogP contribution in [0.3, 0.4) is 0 Å². The van der Waals surface area contributed by atoms with Gasteiger partial charge >= 0.3 is 0 Å². The second-order valence-electron chi connectivity index (χ2n) is 4.50. The fraction of sp³-hybridized carbons (Fsp3) is 0.231. The molecule has 0 aliphatic rings. The molecule has 1 aromatic heterocycles. The number of rotatable bonds is 4. The summed E-state index contributed by atoms with van der Waals surface area (Å²) in [5.74, 6) is 0. The van der Waals surface area contributed by atoms with E-state index in [1.54, 1.807) is 31.5 Å². The van der Waals surface area contributed by atoms with Gasteiger partial charge in [0.1, 0.15) is 0 Å². The first kappa shape index (κ1) is 14.4. The molecule has 0 spiro atoms. The minimum Gasteiger partial charge on any atom is -0.399 e. The Hall–Kier alpha value is -1.99. The van der Waals surface area contributed by atoms with E-state index in [2.05, 4.69) is 14.7 Å². The molecule has 2 rings (SSSR count). The van der Waals surface area contributed by atoms with Crippen molar-refractivity contribution in [2.24, 2.45) is 0 Å². The molecule has 6 nitrogen and oxygen atoms in total. The lowest BCUT2D eigenvalue weighted by molar-refractivity contribution is 0.579. The van der Waals surface area contributed by atoms with Crippen LogP contribution in [0, 0.1) is 13.8 Å². The molecule has 7 heteroatoms.